The van der Waals surface area contributed by atoms with Crippen molar-refractivity contribution in [3.8, 4) is 16.8 Å². The predicted octanol–water partition coefficient (Wildman–Crippen LogP) is 1.15. The number of carbonyl (C=O) groups is 1. The quantitative estimate of drug-likeness (QED) is 0.700. The smallest absolute Gasteiger partial charge is 0.297 e. The first-order valence-electron chi connectivity index (χ1n) is 4.09. The molecule has 1 amide bonds. The Balaban J connectivity index is 2.48. The summed E-state index contributed by atoms with van der Waals surface area (Å²) in [6, 6.07) is 2.18. The summed E-state index contributed by atoms with van der Waals surface area (Å²) < 4.78 is 0. The van der Waals surface area contributed by atoms with Gasteiger partial charge in [0, 0.05) is 27.9 Å². The zero-order chi connectivity index (χ0) is 9.68. The highest BCUT2D eigenvalue weighted by molar-refractivity contribution is 9.12. The van der Waals surface area contributed by atoms with Gasteiger partial charge in [0.15, 0.2) is 0 Å². The molecule has 68 valence electrons. The molecule has 2 atom stereocenters. The molecule has 0 aromatic rings. The van der Waals surface area contributed by atoms with Crippen LogP contribution in [-0.4, -0.2) is 11.9 Å². The van der Waals surface area contributed by atoms with Gasteiger partial charge in [-0.25, -0.2) is 0 Å². The number of hydrogen-bond acceptors (Lipinski definition) is 2. The lowest BCUT2D eigenvalue weighted by Crippen LogP contribution is -2.36. The van der Waals surface area contributed by atoms with Gasteiger partial charge in [0.1, 0.15) is 0 Å². The predicted molar refractivity (Wildman–Crippen MR) is 51.6 cm³/mol. The van der Waals surface area contributed by atoms with Crippen molar-refractivity contribution < 1.29 is 4.79 Å². The zero-order valence-electron chi connectivity index (χ0n) is 7.01. The Morgan fingerprint density at radius 3 is 2.92 bits per heavy atom. The lowest BCUT2D eigenvalue weighted by atomic mass is 10.1. The molecule has 0 bridgehead atoms. The van der Waals surface area contributed by atoms with Crippen molar-refractivity contribution in [2.24, 2.45) is 5.92 Å². The molecule has 1 rings (SSSR count). The molecule has 0 spiro atoms. The maximum atomic E-state index is 11.0. The minimum atomic E-state index is -0.316. The van der Waals surface area contributed by atoms with Crippen LogP contribution in [-0.2, 0) is 4.79 Å². The molecule has 1 aliphatic rings. The van der Waals surface area contributed by atoms with Crippen LogP contribution in [0.2, 0.25) is 0 Å². The van der Waals surface area contributed by atoms with E-state index in [0.29, 0.717) is 0 Å². The van der Waals surface area contributed by atoms with Crippen LogP contribution in [0.1, 0.15) is 19.3 Å². The second-order valence-corrected chi connectivity index (χ2v) is 3.36. The summed E-state index contributed by atoms with van der Waals surface area (Å²) in [5.74, 6) is 1.97. The van der Waals surface area contributed by atoms with Crippen molar-refractivity contribution in [2.75, 3.05) is 0 Å². The molecule has 0 aliphatic heterocycles. The lowest BCUT2D eigenvalue weighted by Gasteiger charge is -2.12. The van der Waals surface area contributed by atoms with Crippen molar-refractivity contribution >= 4 is 21.8 Å². The highest BCUT2D eigenvalue weighted by Crippen LogP contribution is 2.24. The summed E-state index contributed by atoms with van der Waals surface area (Å²) in [5.41, 5.74) is 0. The van der Waals surface area contributed by atoms with Gasteiger partial charge in [0.25, 0.3) is 5.91 Å². The van der Waals surface area contributed by atoms with E-state index in [4.69, 9.17) is 5.26 Å². The standard InChI is InChI=1S/C9H9BrN2O/c10-5-4-9(13)12-8-3-1-2-7(8)6-11/h7-8H,1-3H2,(H,12,13). The van der Waals surface area contributed by atoms with E-state index in [0.717, 1.165) is 19.3 Å². The van der Waals surface area contributed by atoms with Gasteiger partial charge in [0.05, 0.1) is 12.0 Å². The molecule has 0 radical (unpaired) electrons. The van der Waals surface area contributed by atoms with Crippen LogP contribution in [0.25, 0.3) is 0 Å². The van der Waals surface area contributed by atoms with Gasteiger partial charge < -0.3 is 5.32 Å². The van der Waals surface area contributed by atoms with Crippen LogP contribution in [0.5, 0.6) is 0 Å². The summed E-state index contributed by atoms with van der Waals surface area (Å²) in [6.45, 7) is 0. The fourth-order valence-corrected chi connectivity index (χ4v) is 1.71. The van der Waals surface area contributed by atoms with Crippen molar-refractivity contribution in [3.63, 3.8) is 0 Å². The Morgan fingerprint density at radius 1 is 1.54 bits per heavy atom. The number of carbonyl (C=O) groups excluding carboxylic acids is 1. The van der Waals surface area contributed by atoms with Crippen LogP contribution in [0.4, 0.5) is 0 Å². The van der Waals surface area contributed by atoms with Crippen LogP contribution in [0.3, 0.4) is 0 Å². The van der Waals surface area contributed by atoms with E-state index in [2.05, 4.69) is 38.1 Å². The average Bonchev–Trinajstić information content (AvgIpc) is 2.52. The molecule has 0 aromatic heterocycles. The van der Waals surface area contributed by atoms with Gasteiger partial charge in [-0.3, -0.25) is 4.79 Å². The molecule has 2 unspecified atom stereocenters. The van der Waals surface area contributed by atoms with Crippen LogP contribution in [0.15, 0.2) is 0 Å². The monoisotopic (exact) mass is 240 g/mol. The van der Waals surface area contributed by atoms with Gasteiger partial charge in [-0.1, -0.05) is 0 Å². The fraction of sp³-hybridized carbons (Fsp3) is 0.556. The Morgan fingerprint density at radius 2 is 2.31 bits per heavy atom. The van der Waals surface area contributed by atoms with Crippen molar-refractivity contribution in [2.45, 2.75) is 25.3 Å². The molecule has 0 saturated heterocycles. The maximum Gasteiger partial charge on any atom is 0.297 e. The number of nitriles is 1. The fourth-order valence-electron chi connectivity index (χ4n) is 1.53. The summed E-state index contributed by atoms with van der Waals surface area (Å²) in [6.07, 6.45) is 2.77. The van der Waals surface area contributed by atoms with E-state index in [-0.39, 0.29) is 17.9 Å². The Hall–Kier alpha value is -1.00. The first-order valence-corrected chi connectivity index (χ1v) is 4.89. The minimum Gasteiger partial charge on any atom is -0.341 e. The van der Waals surface area contributed by atoms with Crippen LogP contribution >= 0.6 is 15.9 Å². The molecule has 0 aromatic carbocycles. The third kappa shape index (κ3) is 2.75. The Labute approximate surface area is 85.6 Å². The second-order valence-electron chi connectivity index (χ2n) is 2.97. The summed E-state index contributed by atoms with van der Waals surface area (Å²) in [4.78, 5) is 13.4. The van der Waals surface area contributed by atoms with Gasteiger partial charge in [-0.15, -0.1) is 0 Å². The number of nitrogens with one attached hydrogen (secondary N) is 1. The SMILES string of the molecule is N#CC1CCCC1NC(=O)C#CBr. The Bertz CT molecular complexity index is 297. The Kier molecular flexibility index (Phi) is 3.79. The highest BCUT2D eigenvalue weighted by Gasteiger charge is 2.27. The van der Waals surface area contributed by atoms with Crippen molar-refractivity contribution in [1.29, 1.82) is 5.26 Å². The first kappa shape index (κ1) is 10.1. The highest BCUT2D eigenvalue weighted by atomic mass is 79.9. The topological polar surface area (TPSA) is 52.9 Å². The first-order chi connectivity index (χ1) is 6.27. The van der Waals surface area contributed by atoms with Gasteiger partial charge in [-0.05, 0) is 24.1 Å². The second kappa shape index (κ2) is 4.89. The number of rotatable bonds is 1. The van der Waals surface area contributed by atoms with E-state index >= 15 is 0 Å². The third-order valence-corrected chi connectivity index (χ3v) is 2.36. The van der Waals surface area contributed by atoms with Crippen molar-refractivity contribution in [3.05, 3.63) is 0 Å². The van der Waals surface area contributed by atoms with Crippen LogP contribution in [0, 0.1) is 28.0 Å². The molecule has 4 heteroatoms. The number of halogens is 1. The van der Waals surface area contributed by atoms with Gasteiger partial charge in [-0.2, -0.15) is 5.26 Å². The van der Waals surface area contributed by atoms with E-state index in [1.54, 1.807) is 0 Å². The molecule has 1 fully saturated rings. The van der Waals surface area contributed by atoms with E-state index in [1.807, 2.05) is 0 Å². The molecule has 13 heavy (non-hydrogen) atoms. The molecule has 1 N–H and O–H groups in total. The number of nitrogens with zero attached hydrogens (tertiary/aromatic N) is 1. The largest absolute Gasteiger partial charge is 0.341 e. The number of hydrogen-bond donors (Lipinski definition) is 1. The van der Waals surface area contributed by atoms with Crippen LogP contribution < -0.4 is 5.32 Å². The van der Waals surface area contributed by atoms with E-state index in [9.17, 15) is 4.79 Å². The summed E-state index contributed by atoms with van der Waals surface area (Å²) in [7, 11) is 0. The van der Waals surface area contributed by atoms with Crippen molar-refractivity contribution in [1.82, 2.24) is 5.32 Å². The number of amides is 1. The van der Waals surface area contributed by atoms with Gasteiger partial charge in [0.2, 0.25) is 0 Å². The summed E-state index contributed by atoms with van der Waals surface area (Å²) >= 11 is 2.84. The normalized spacial score (nSPS) is 25.5. The molecular weight excluding hydrogens is 232 g/mol. The lowest BCUT2D eigenvalue weighted by molar-refractivity contribution is -0.116. The molecule has 3 nitrogen and oxygen atoms in total. The molecule has 0 heterocycles. The molecule has 1 aliphatic carbocycles. The minimum absolute atomic E-state index is 0.00847. The molecular formula is C9H9BrN2O. The third-order valence-electron chi connectivity index (χ3n) is 2.16. The summed E-state index contributed by atoms with van der Waals surface area (Å²) in [5, 5.41) is 11.4. The zero-order valence-corrected chi connectivity index (χ0v) is 8.60. The van der Waals surface area contributed by atoms with E-state index in [1.165, 1.54) is 0 Å². The maximum absolute atomic E-state index is 11.0. The van der Waals surface area contributed by atoms with Gasteiger partial charge >= 0.3 is 0 Å². The average molecular weight is 241 g/mol. The molecule has 1 saturated carbocycles. The van der Waals surface area contributed by atoms with E-state index < -0.39 is 0 Å².